The summed E-state index contributed by atoms with van der Waals surface area (Å²) in [6.45, 7) is 1.51. The molecule has 2 heterocycles. The number of hydrogen-bond donors (Lipinski definition) is 2. The average molecular weight is 414 g/mol. The number of likely N-dealkylation sites (tertiary alicyclic amines) is 1. The Morgan fingerprint density at radius 1 is 1.03 bits per heavy atom. The zero-order chi connectivity index (χ0) is 20.4. The molecular formula is C21H22N2O5S. The van der Waals surface area contributed by atoms with E-state index in [1.807, 2.05) is 0 Å². The zero-order valence-corrected chi connectivity index (χ0v) is 16.6. The SMILES string of the molecule is O=C(O)N1CCC(=C2CCOc3ccc(NS(=O)(=O)c4ccccc4)cc32)CC1. The minimum Gasteiger partial charge on any atom is -0.493 e. The van der Waals surface area contributed by atoms with Gasteiger partial charge in [0.1, 0.15) is 5.75 Å². The quantitative estimate of drug-likeness (QED) is 0.796. The minimum absolute atomic E-state index is 0.202. The molecule has 0 radical (unpaired) electrons. The average Bonchev–Trinajstić information content (AvgIpc) is 2.74. The Morgan fingerprint density at radius 2 is 1.76 bits per heavy atom. The third-order valence-electron chi connectivity index (χ3n) is 5.28. The molecule has 0 aromatic heterocycles. The number of rotatable bonds is 3. The van der Waals surface area contributed by atoms with Crippen LogP contribution in [0.5, 0.6) is 5.75 Å². The summed E-state index contributed by atoms with van der Waals surface area (Å²) in [5, 5.41) is 9.16. The van der Waals surface area contributed by atoms with Crippen molar-refractivity contribution in [3.05, 3.63) is 59.7 Å². The molecule has 2 N–H and O–H groups in total. The van der Waals surface area contributed by atoms with E-state index in [0.717, 1.165) is 23.3 Å². The zero-order valence-electron chi connectivity index (χ0n) is 15.8. The van der Waals surface area contributed by atoms with Gasteiger partial charge in [0.05, 0.1) is 11.5 Å². The molecule has 152 valence electrons. The molecule has 0 bridgehead atoms. The number of nitrogens with one attached hydrogen (secondary N) is 1. The van der Waals surface area contributed by atoms with E-state index in [9.17, 15) is 13.2 Å². The van der Waals surface area contributed by atoms with Crippen LogP contribution in [0.3, 0.4) is 0 Å². The monoisotopic (exact) mass is 414 g/mol. The van der Waals surface area contributed by atoms with Gasteiger partial charge in [-0.15, -0.1) is 0 Å². The number of fused-ring (bicyclic) bond motifs is 1. The summed E-state index contributed by atoms with van der Waals surface area (Å²) in [6, 6.07) is 13.5. The van der Waals surface area contributed by atoms with E-state index in [1.54, 1.807) is 48.5 Å². The number of sulfonamides is 1. The van der Waals surface area contributed by atoms with Gasteiger partial charge < -0.3 is 14.7 Å². The van der Waals surface area contributed by atoms with Gasteiger partial charge in [-0.3, -0.25) is 4.72 Å². The number of ether oxygens (including phenoxy) is 1. The predicted molar refractivity (Wildman–Crippen MR) is 110 cm³/mol. The molecule has 4 rings (SSSR count). The van der Waals surface area contributed by atoms with Gasteiger partial charge in [0.15, 0.2) is 0 Å². The van der Waals surface area contributed by atoms with Crippen LogP contribution in [0.4, 0.5) is 10.5 Å². The van der Waals surface area contributed by atoms with Gasteiger partial charge in [-0.2, -0.15) is 0 Å². The Bertz CT molecular complexity index is 1050. The first-order valence-electron chi connectivity index (χ1n) is 9.48. The summed E-state index contributed by atoms with van der Waals surface area (Å²) in [7, 11) is -3.68. The second kappa shape index (κ2) is 7.79. The van der Waals surface area contributed by atoms with E-state index in [2.05, 4.69) is 4.72 Å². The Labute approximate surface area is 169 Å². The smallest absolute Gasteiger partial charge is 0.407 e. The largest absolute Gasteiger partial charge is 0.493 e. The Hall–Kier alpha value is -3.00. The van der Waals surface area contributed by atoms with Crippen LogP contribution in [0.2, 0.25) is 0 Å². The number of carbonyl (C=O) groups is 1. The maximum atomic E-state index is 12.6. The molecule has 1 saturated heterocycles. The first kappa shape index (κ1) is 19.3. The van der Waals surface area contributed by atoms with Gasteiger partial charge in [0.25, 0.3) is 10.0 Å². The lowest BCUT2D eigenvalue weighted by molar-refractivity contribution is 0.141. The van der Waals surface area contributed by atoms with Crippen LogP contribution in [0, 0.1) is 0 Å². The molecule has 0 saturated carbocycles. The number of amides is 1. The van der Waals surface area contributed by atoms with Crippen molar-refractivity contribution in [1.29, 1.82) is 0 Å². The van der Waals surface area contributed by atoms with Crippen LogP contribution in [0.25, 0.3) is 5.57 Å². The van der Waals surface area contributed by atoms with Gasteiger partial charge in [-0.25, -0.2) is 13.2 Å². The van der Waals surface area contributed by atoms with Crippen LogP contribution in [0.1, 0.15) is 24.8 Å². The van der Waals surface area contributed by atoms with Gasteiger partial charge in [0.2, 0.25) is 0 Å². The second-order valence-electron chi connectivity index (χ2n) is 7.08. The van der Waals surface area contributed by atoms with Crippen molar-refractivity contribution in [1.82, 2.24) is 4.90 Å². The molecule has 2 aliphatic rings. The normalized spacial score (nSPS) is 16.8. The molecule has 0 unspecified atom stereocenters. The summed E-state index contributed by atoms with van der Waals surface area (Å²) in [5.74, 6) is 0.724. The third kappa shape index (κ3) is 4.07. The Balaban J connectivity index is 1.63. The minimum atomic E-state index is -3.68. The molecule has 7 nitrogen and oxygen atoms in total. The first-order valence-corrected chi connectivity index (χ1v) is 11.0. The van der Waals surface area contributed by atoms with Crippen LogP contribution in [0.15, 0.2) is 59.0 Å². The highest BCUT2D eigenvalue weighted by Gasteiger charge is 2.25. The molecular weight excluding hydrogens is 392 g/mol. The van der Waals surface area contributed by atoms with Crippen molar-refractivity contribution in [3.8, 4) is 5.75 Å². The molecule has 8 heteroatoms. The second-order valence-corrected chi connectivity index (χ2v) is 8.76. The summed E-state index contributed by atoms with van der Waals surface area (Å²) in [6.07, 6.45) is 1.20. The molecule has 1 fully saturated rings. The van der Waals surface area contributed by atoms with Crippen LogP contribution in [-0.2, 0) is 10.0 Å². The lowest BCUT2D eigenvalue weighted by Crippen LogP contribution is -2.35. The van der Waals surface area contributed by atoms with Crippen molar-refractivity contribution in [2.24, 2.45) is 0 Å². The molecule has 0 atom stereocenters. The van der Waals surface area contributed by atoms with E-state index in [0.29, 0.717) is 38.2 Å². The Kier molecular flexibility index (Phi) is 5.19. The molecule has 2 aliphatic heterocycles. The van der Waals surface area contributed by atoms with Gasteiger partial charge in [-0.1, -0.05) is 23.8 Å². The van der Waals surface area contributed by atoms with Gasteiger partial charge in [-0.05, 0) is 48.7 Å². The number of anilines is 1. The van der Waals surface area contributed by atoms with Gasteiger partial charge >= 0.3 is 6.09 Å². The van der Waals surface area contributed by atoms with Crippen LogP contribution < -0.4 is 9.46 Å². The number of piperidine rings is 1. The van der Waals surface area contributed by atoms with Crippen molar-refractivity contribution in [3.63, 3.8) is 0 Å². The fourth-order valence-corrected chi connectivity index (χ4v) is 4.87. The standard InChI is InChI=1S/C21H22N2O5S/c24-21(25)23-11-8-15(9-12-23)18-10-13-28-20-7-6-16(14-19(18)20)22-29(26,27)17-4-2-1-3-5-17/h1-7,14,22H,8-13H2,(H,24,25). The maximum absolute atomic E-state index is 12.6. The highest BCUT2D eigenvalue weighted by atomic mass is 32.2. The van der Waals surface area contributed by atoms with E-state index < -0.39 is 16.1 Å². The van der Waals surface area contributed by atoms with Crippen molar-refractivity contribution in [2.75, 3.05) is 24.4 Å². The fourth-order valence-electron chi connectivity index (χ4n) is 3.80. The van der Waals surface area contributed by atoms with Crippen LogP contribution in [-0.4, -0.2) is 44.2 Å². The van der Waals surface area contributed by atoms with E-state index in [1.165, 1.54) is 10.5 Å². The number of benzene rings is 2. The van der Waals surface area contributed by atoms with E-state index in [4.69, 9.17) is 9.84 Å². The summed E-state index contributed by atoms with van der Waals surface area (Å²) in [4.78, 5) is 12.8. The molecule has 1 amide bonds. The maximum Gasteiger partial charge on any atom is 0.407 e. The molecule has 2 aromatic rings. The summed E-state index contributed by atoms with van der Waals surface area (Å²) >= 11 is 0. The van der Waals surface area contributed by atoms with Crippen molar-refractivity contribution in [2.45, 2.75) is 24.2 Å². The molecule has 0 aliphatic carbocycles. The lowest BCUT2D eigenvalue weighted by atomic mass is 9.89. The van der Waals surface area contributed by atoms with E-state index >= 15 is 0 Å². The van der Waals surface area contributed by atoms with Crippen molar-refractivity contribution < 1.29 is 23.1 Å². The fraction of sp³-hybridized carbons (Fsp3) is 0.286. The molecule has 2 aromatic carbocycles. The number of carboxylic acid groups (broad SMARTS) is 1. The topological polar surface area (TPSA) is 95.9 Å². The molecule has 0 spiro atoms. The predicted octanol–water partition coefficient (Wildman–Crippen LogP) is 3.80. The Morgan fingerprint density at radius 3 is 2.45 bits per heavy atom. The third-order valence-corrected chi connectivity index (χ3v) is 6.68. The first-order chi connectivity index (χ1) is 13.9. The highest BCUT2D eigenvalue weighted by Crippen LogP contribution is 2.39. The highest BCUT2D eigenvalue weighted by molar-refractivity contribution is 7.92. The molecule has 29 heavy (non-hydrogen) atoms. The summed E-state index contributed by atoms with van der Waals surface area (Å²) < 4.78 is 33.7. The number of nitrogens with zero attached hydrogens (tertiary/aromatic N) is 1. The number of hydrogen-bond acceptors (Lipinski definition) is 4. The van der Waals surface area contributed by atoms with Crippen LogP contribution >= 0.6 is 0 Å². The van der Waals surface area contributed by atoms with Gasteiger partial charge in [0, 0.05) is 30.8 Å². The summed E-state index contributed by atoms with van der Waals surface area (Å²) in [5.41, 5.74) is 3.70. The van der Waals surface area contributed by atoms with Crippen molar-refractivity contribution >= 4 is 27.4 Å². The lowest BCUT2D eigenvalue weighted by Gasteiger charge is -2.30. The van der Waals surface area contributed by atoms with E-state index in [-0.39, 0.29) is 4.90 Å².